The van der Waals surface area contributed by atoms with Gasteiger partial charge in [-0.3, -0.25) is 9.10 Å². The average molecular weight is 423 g/mol. The molecule has 0 saturated carbocycles. The van der Waals surface area contributed by atoms with Gasteiger partial charge in [0.25, 0.3) is 5.91 Å². The molecule has 0 radical (unpaired) electrons. The Kier molecular flexibility index (Phi) is 6.04. The molecule has 1 aromatic carbocycles. The maximum absolute atomic E-state index is 14.0. The van der Waals surface area contributed by atoms with Gasteiger partial charge in [-0.15, -0.1) is 0 Å². The van der Waals surface area contributed by atoms with Gasteiger partial charge in [-0.2, -0.15) is 0 Å². The maximum atomic E-state index is 14.0. The molecule has 0 aliphatic carbocycles. The lowest BCUT2D eigenvalue weighted by molar-refractivity contribution is 0.0694. The van der Waals surface area contributed by atoms with Crippen molar-refractivity contribution in [1.29, 1.82) is 0 Å². The van der Waals surface area contributed by atoms with Crippen LogP contribution in [0.1, 0.15) is 24.2 Å². The van der Waals surface area contributed by atoms with Crippen molar-refractivity contribution in [3.8, 4) is 11.6 Å². The van der Waals surface area contributed by atoms with E-state index in [1.807, 2.05) is 0 Å². The van der Waals surface area contributed by atoms with Crippen LogP contribution >= 0.6 is 0 Å². The molecule has 2 N–H and O–H groups in total. The summed E-state index contributed by atoms with van der Waals surface area (Å²) in [5.41, 5.74) is -0.477. The maximum Gasteiger partial charge on any atom is 0.253 e. The highest BCUT2D eigenvalue weighted by Crippen LogP contribution is 2.33. The summed E-state index contributed by atoms with van der Waals surface area (Å²) in [7, 11) is -0.394. The smallest absolute Gasteiger partial charge is 0.253 e. The van der Waals surface area contributed by atoms with Crippen LogP contribution in [0.15, 0.2) is 35.4 Å². The van der Waals surface area contributed by atoms with E-state index < -0.39 is 28.3 Å². The molecule has 2 aromatic rings. The number of carbonyl (C=O) groups excluding carboxylic acids is 1. The Hall–Kier alpha value is -2.72. The Bertz CT molecular complexity index is 948. The first kappa shape index (κ1) is 21.0. The van der Waals surface area contributed by atoms with Crippen LogP contribution in [0.25, 0.3) is 0 Å². The van der Waals surface area contributed by atoms with Crippen molar-refractivity contribution >= 4 is 22.6 Å². The predicted octanol–water partition coefficient (Wildman–Crippen LogP) is 1.65. The Morgan fingerprint density at radius 3 is 2.86 bits per heavy atom. The number of aromatic nitrogens is 1. The summed E-state index contributed by atoms with van der Waals surface area (Å²) in [6.07, 6.45) is 1.35. The molecular formula is C19H22FN3O5S. The molecule has 29 heavy (non-hydrogen) atoms. The standard InChI is InChI=1S/C19H22FN3O5S/c1-19(2,25)11-22-17(24)12-8-15-18(21-10-12)28-7-6-23(15)29(26)13-4-5-16(27-3)14(20)9-13/h4-5,8-10,25H,6-7,11H2,1-3H3,(H,22,24). The predicted molar refractivity (Wildman–Crippen MR) is 105 cm³/mol. The number of amides is 1. The number of aliphatic hydroxyl groups is 1. The zero-order valence-electron chi connectivity index (χ0n) is 16.3. The van der Waals surface area contributed by atoms with Crippen molar-refractivity contribution in [3.63, 3.8) is 0 Å². The van der Waals surface area contributed by atoms with E-state index in [1.54, 1.807) is 13.8 Å². The van der Waals surface area contributed by atoms with Crippen LogP contribution < -0.4 is 19.1 Å². The molecule has 10 heteroatoms. The second-order valence-electron chi connectivity index (χ2n) is 7.04. The molecule has 2 heterocycles. The van der Waals surface area contributed by atoms with Gasteiger partial charge in [0.15, 0.2) is 22.6 Å². The van der Waals surface area contributed by atoms with E-state index in [-0.39, 0.29) is 41.8 Å². The van der Waals surface area contributed by atoms with Crippen LogP contribution in [0.2, 0.25) is 0 Å². The number of fused-ring (bicyclic) bond motifs is 1. The van der Waals surface area contributed by atoms with Crippen LogP contribution in [0.4, 0.5) is 10.1 Å². The van der Waals surface area contributed by atoms with E-state index in [2.05, 4.69) is 10.3 Å². The molecule has 0 bridgehead atoms. The number of carbonyl (C=O) groups is 1. The van der Waals surface area contributed by atoms with Crippen LogP contribution in [0, 0.1) is 5.82 Å². The fourth-order valence-electron chi connectivity index (χ4n) is 2.65. The number of anilines is 1. The van der Waals surface area contributed by atoms with Gasteiger partial charge in [0, 0.05) is 12.7 Å². The van der Waals surface area contributed by atoms with Crippen molar-refractivity contribution < 1.29 is 28.0 Å². The average Bonchev–Trinajstić information content (AvgIpc) is 2.70. The SMILES string of the molecule is COc1ccc(S(=O)N2CCOc3ncc(C(=O)NCC(C)(C)O)cc32)cc1F. The van der Waals surface area contributed by atoms with Gasteiger partial charge in [-0.05, 0) is 38.1 Å². The number of benzene rings is 1. The highest BCUT2D eigenvalue weighted by Gasteiger charge is 2.27. The van der Waals surface area contributed by atoms with Crippen molar-refractivity contribution in [3.05, 3.63) is 41.8 Å². The summed E-state index contributed by atoms with van der Waals surface area (Å²) < 4.78 is 39.0. The molecule has 1 atom stereocenters. The normalized spacial score (nSPS) is 14.6. The fourth-order valence-corrected chi connectivity index (χ4v) is 3.85. The van der Waals surface area contributed by atoms with Crippen molar-refractivity contribution in [2.75, 3.05) is 31.1 Å². The quantitative estimate of drug-likeness (QED) is 0.733. The third-order valence-electron chi connectivity index (χ3n) is 4.10. The molecule has 0 spiro atoms. The zero-order valence-corrected chi connectivity index (χ0v) is 17.1. The molecule has 1 aromatic heterocycles. The number of methoxy groups -OCH3 is 1. The molecule has 1 aliphatic heterocycles. The lowest BCUT2D eigenvalue weighted by Gasteiger charge is -2.29. The summed E-state index contributed by atoms with van der Waals surface area (Å²) in [6.45, 7) is 3.72. The number of halogens is 1. The van der Waals surface area contributed by atoms with E-state index in [4.69, 9.17) is 9.47 Å². The number of nitrogens with zero attached hydrogens (tertiary/aromatic N) is 2. The molecule has 0 saturated heterocycles. The number of nitrogens with one attached hydrogen (secondary N) is 1. The topological polar surface area (TPSA) is 101 Å². The largest absolute Gasteiger partial charge is 0.494 e. The first-order valence-electron chi connectivity index (χ1n) is 8.86. The monoisotopic (exact) mass is 423 g/mol. The van der Waals surface area contributed by atoms with Gasteiger partial charge in [-0.25, -0.2) is 13.6 Å². The minimum Gasteiger partial charge on any atom is -0.494 e. The van der Waals surface area contributed by atoms with Crippen LogP contribution in [-0.4, -0.2) is 52.6 Å². The zero-order chi connectivity index (χ0) is 21.2. The fraction of sp³-hybridized carbons (Fsp3) is 0.368. The van der Waals surface area contributed by atoms with Gasteiger partial charge in [0.05, 0.1) is 29.7 Å². The van der Waals surface area contributed by atoms with Crippen LogP contribution in [0.3, 0.4) is 0 Å². The van der Waals surface area contributed by atoms with E-state index in [0.717, 1.165) is 6.07 Å². The lowest BCUT2D eigenvalue weighted by Crippen LogP contribution is -2.38. The molecule has 1 unspecified atom stereocenters. The molecular weight excluding hydrogens is 401 g/mol. The Balaban J connectivity index is 1.88. The Morgan fingerprint density at radius 2 is 2.21 bits per heavy atom. The van der Waals surface area contributed by atoms with Crippen molar-refractivity contribution in [1.82, 2.24) is 10.3 Å². The van der Waals surface area contributed by atoms with Gasteiger partial charge in [0.2, 0.25) is 5.88 Å². The molecule has 8 nitrogen and oxygen atoms in total. The van der Waals surface area contributed by atoms with E-state index in [9.17, 15) is 18.5 Å². The molecule has 0 fully saturated rings. The number of ether oxygens (including phenoxy) is 2. The first-order chi connectivity index (χ1) is 13.7. The summed E-state index contributed by atoms with van der Waals surface area (Å²) in [5, 5.41) is 12.4. The number of hydrogen-bond acceptors (Lipinski definition) is 6. The van der Waals surface area contributed by atoms with Crippen molar-refractivity contribution in [2.45, 2.75) is 24.3 Å². The minimum atomic E-state index is -1.74. The van der Waals surface area contributed by atoms with Gasteiger partial charge in [0.1, 0.15) is 12.3 Å². The summed E-state index contributed by atoms with van der Waals surface area (Å²) in [5.74, 6) is -0.767. The lowest BCUT2D eigenvalue weighted by atomic mass is 10.1. The minimum absolute atomic E-state index is 0.0557. The highest BCUT2D eigenvalue weighted by molar-refractivity contribution is 7.86. The van der Waals surface area contributed by atoms with Crippen LogP contribution in [-0.2, 0) is 11.0 Å². The van der Waals surface area contributed by atoms with E-state index in [1.165, 1.54) is 35.8 Å². The van der Waals surface area contributed by atoms with Crippen LogP contribution in [0.5, 0.6) is 11.6 Å². The summed E-state index contributed by atoms with van der Waals surface area (Å²) in [4.78, 5) is 16.8. The molecule has 156 valence electrons. The third kappa shape index (κ3) is 4.83. The van der Waals surface area contributed by atoms with Gasteiger partial charge < -0.3 is 19.9 Å². The number of rotatable bonds is 6. The summed E-state index contributed by atoms with van der Waals surface area (Å²) >= 11 is 0. The summed E-state index contributed by atoms with van der Waals surface area (Å²) in [6, 6.07) is 5.58. The third-order valence-corrected chi connectivity index (χ3v) is 5.54. The second kappa shape index (κ2) is 8.34. The van der Waals surface area contributed by atoms with Crippen molar-refractivity contribution in [2.24, 2.45) is 0 Å². The second-order valence-corrected chi connectivity index (χ2v) is 8.45. The van der Waals surface area contributed by atoms with E-state index >= 15 is 0 Å². The Morgan fingerprint density at radius 1 is 1.45 bits per heavy atom. The highest BCUT2D eigenvalue weighted by atomic mass is 32.2. The van der Waals surface area contributed by atoms with Gasteiger partial charge >= 0.3 is 0 Å². The van der Waals surface area contributed by atoms with E-state index in [0.29, 0.717) is 5.69 Å². The number of pyridine rings is 1. The first-order valence-corrected chi connectivity index (χ1v) is 9.96. The molecule has 3 rings (SSSR count). The molecule has 1 amide bonds. The number of hydrogen-bond donors (Lipinski definition) is 2. The Labute approximate surface area is 170 Å². The molecule has 1 aliphatic rings. The van der Waals surface area contributed by atoms with Gasteiger partial charge in [-0.1, -0.05) is 0 Å².